The number of nitrogens with zero attached hydrogens (tertiary/aromatic N) is 4. The van der Waals surface area contributed by atoms with Crippen molar-refractivity contribution >= 4 is 16.9 Å². The second kappa shape index (κ2) is 4.72. The van der Waals surface area contributed by atoms with E-state index in [-0.39, 0.29) is 0 Å². The summed E-state index contributed by atoms with van der Waals surface area (Å²) in [4.78, 5) is 10.5. The molecule has 0 saturated carbocycles. The van der Waals surface area contributed by atoms with Crippen LogP contribution in [0.4, 0.5) is 5.82 Å². The van der Waals surface area contributed by atoms with Gasteiger partial charge in [-0.1, -0.05) is 13.8 Å². The molecule has 0 aliphatic rings. The summed E-state index contributed by atoms with van der Waals surface area (Å²) in [6.07, 6.45) is 1.74. The Morgan fingerprint density at radius 1 is 1.20 bits per heavy atom. The molecule has 0 spiro atoms. The molecule has 0 unspecified atom stereocenters. The first-order chi connectivity index (χ1) is 7.18. The molecule has 0 amide bonds. The van der Waals surface area contributed by atoms with E-state index in [0.717, 1.165) is 22.7 Å². The smallest absolute Gasteiger partial charge is 0.161 e. The van der Waals surface area contributed by atoms with Crippen LogP contribution in [0, 0.1) is 6.92 Å². The lowest BCUT2D eigenvalue weighted by atomic mass is 10.4. The Kier molecular flexibility index (Phi) is 3.60. The number of fused-ring (bicyclic) bond motifs is 1. The molecule has 0 fully saturated rings. The summed E-state index contributed by atoms with van der Waals surface area (Å²) in [5, 5.41) is 7.71. The number of hydrogen-bond acceptors (Lipinski definition) is 4. The van der Waals surface area contributed by atoms with Crippen LogP contribution in [0.2, 0.25) is 0 Å². The summed E-state index contributed by atoms with van der Waals surface area (Å²) in [6.45, 7) is 5.87. The fraction of sp³-hybridized carbons (Fsp3) is 0.500. The van der Waals surface area contributed by atoms with Gasteiger partial charge in [-0.3, -0.25) is 5.10 Å². The summed E-state index contributed by atoms with van der Waals surface area (Å²) >= 11 is 0. The molecule has 2 rings (SSSR count). The van der Waals surface area contributed by atoms with Gasteiger partial charge in [0.2, 0.25) is 0 Å². The van der Waals surface area contributed by atoms with Crippen molar-refractivity contribution in [1.82, 2.24) is 20.2 Å². The average molecular weight is 207 g/mol. The number of H-pyrrole nitrogens is 1. The summed E-state index contributed by atoms with van der Waals surface area (Å²) in [6, 6.07) is 0. The molecule has 2 aromatic heterocycles. The van der Waals surface area contributed by atoms with E-state index in [1.165, 1.54) is 0 Å². The third-order valence-electron chi connectivity index (χ3n) is 1.83. The third-order valence-corrected chi connectivity index (χ3v) is 1.83. The van der Waals surface area contributed by atoms with Crippen molar-refractivity contribution in [1.29, 1.82) is 0 Å². The molecule has 15 heavy (non-hydrogen) atoms. The fourth-order valence-electron chi connectivity index (χ4n) is 1.27. The molecular formula is C10H17N5. The Hall–Kier alpha value is -1.65. The van der Waals surface area contributed by atoms with Gasteiger partial charge in [0.05, 0.1) is 11.6 Å². The van der Waals surface area contributed by atoms with Gasteiger partial charge < -0.3 is 4.90 Å². The first-order valence-corrected chi connectivity index (χ1v) is 5.03. The average Bonchev–Trinajstić information content (AvgIpc) is 2.67. The van der Waals surface area contributed by atoms with E-state index in [1.807, 2.05) is 39.8 Å². The Morgan fingerprint density at radius 2 is 1.87 bits per heavy atom. The van der Waals surface area contributed by atoms with E-state index in [2.05, 4.69) is 20.2 Å². The van der Waals surface area contributed by atoms with Gasteiger partial charge >= 0.3 is 0 Å². The van der Waals surface area contributed by atoms with Crippen molar-refractivity contribution in [3.8, 4) is 0 Å². The highest BCUT2D eigenvalue weighted by Gasteiger charge is 2.08. The Balaban J connectivity index is 0.000000531. The van der Waals surface area contributed by atoms with Crippen LogP contribution >= 0.6 is 0 Å². The zero-order valence-electron chi connectivity index (χ0n) is 9.87. The molecule has 0 aliphatic heterocycles. The van der Waals surface area contributed by atoms with Gasteiger partial charge in [-0.05, 0) is 6.92 Å². The van der Waals surface area contributed by atoms with Crippen LogP contribution in [0.25, 0.3) is 11.0 Å². The highest BCUT2D eigenvalue weighted by Crippen LogP contribution is 2.19. The van der Waals surface area contributed by atoms with Gasteiger partial charge in [0.25, 0.3) is 0 Å². The van der Waals surface area contributed by atoms with E-state index in [9.17, 15) is 0 Å². The van der Waals surface area contributed by atoms with Crippen LogP contribution in [-0.2, 0) is 0 Å². The molecule has 5 nitrogen and oxygen atoms in total. The zero-order chi connectivity index (χ0) is 11.4. The van der Waals surface area contributed by atoms with Gasteiger partial charge in [0.1, 0.15) is 11.6 Å². The lowest BCUT2D eigenvalue weighted by Gasteiger charge is -2.11. The van der Waals surface area contributed by atoms with Gasteiger partial charge in [-0.2, -0.15) is 5.10 Å². The fourth-order valence-corrected chi connectivity index (χ4v) is 1.27. The number of anilines is 1. The minimum atomic E-state index is 0.750. The zero-order valence-corrected chi connectivity index (χ0v) is 9.87. The molecule has 0 atom stereocenters. The Bertz CT molecular complexity index is 432. The number of aryl methyl sites for hydroxylation is 1. The quantitative estimate of drug-likeness (QED) is 0.774. The summed E-state index contributed by atoms with van der Waals surface area (Å²) in [7, 11) is 3.91. The summed E-state index contributed by atoms with van der Waals surface area (Å²) in [5.74, 6) is 1.65. The summed E-state index contributed by atoms with van der Waals surface area (Å²) in [5.41, 5.74) is 0.788. The molecule has 0 saturated heterocycles. The minimum absolute atomic E-state index is 0.750. The molecule has 2 aromatic rings. The van der Waals surface area contributed by atoms with E-state index in [0.29, 0.717) is 0 Å². The molecule has 5 heteroatoms. The Labute approximate surface area is 89.5 Å². The van der Waals surface area contributed by atoms with Crippen molar-refractivity contribution in [3.05, 3.63) is 12.0 Å². The van der Waals surface area contributed by atoms with Crippen molar-refractivity contribution < 1.29 is 0 Å². The number of rotatable bonds is 1. The SMILES string of the molecule is CC.Cc1nc(N(C)C)c2cn[nH]c2n1. The minimum Gasteiger partial charge on any atom is -0.362 e. The topological polar surface area (TPSA) is 57.7 Å². The number of hydrogen-bond donors (Lipinski definition) is 1. The highest BCUT2D eigenvalue weighted by molar-refractivity contribution is 5.86. The second-order valence-corrected chi connectivity index (χ2v) is 3.12. The first-order valence-electron chi connectivity index (χ1n) is 5.03. The maximum atomic E-state index is 4.33. The molecule has 82 valence electrons. The molecular weight excluding hydrogens is 190 g/mol. The molecule has 0 aromatic carbocycles. The molecule has 1 N–H and O–H groups in total. The predicted molar refractivity (Wildman–Crippen MR) is 62.1 cm³/mol. The van der Waals surface area contributed by atoms with Gasteiger partial charge in [-0.25, -0.2) is 9.97 Å². The van der Waals surface area contributed by atoms with Crippen LogP contribution in [0.3, 0.4) is 0 Å². The highest BCUT2D eigenvalue weighted by atomic mass is 15.2. The lowest BCUT2D eigenvalue weighted by molar-refractivity contribution is 1.01. The van der Waals surface area contributed by atoms with Crippen LogP contribution in [0.15, 0.2) is 6.20 Å². The third kappa shape index (κ3) is 2.23. The molecule has 0 radical (unpaired) electrons. The summed E-state index contributed by atoms with van der Waals surface area (Å²) < 4.78 is 0. The maximum absolute atomic E-state index is 4.33. The standard InChI is InChI=1S/C8H11N5.C2H6/c1-5-10-7-6(4-9-12-7)8(11-5)13(2)3;1-2/h4H,1-3H3,(H,9,10,11,12);1-2H3. The van der Waals surface area contributed by atoms with Crippen molar-refractivity contribution in [2.24, 2.45) is 0 Å². The van der Waals surface area contributed by atoms with Gasteiger partial charge in [0.15, 0.2) is 5.65 Å². The monoisotopic (exact) mass is 207 g/mol. The second-order valence-electron chi connectivity index (χ2n) is 3.12. The van der Waals surface area contributed by atoms with Gasteiger partial charge in [-0.15, -0.1) is 0 Å². The largest absolute Gasteiger partial charge is 0.362 e. The van der Waals surface area contributed by atoms with Crippen LogP contribution < -0.4 is 4.90 Å². The van der Waals surface area contributed by atoms with Crippen molar-refractivity contribution in [3.63, 3.8) is 0 Å². The predicted octanol–water partition coefficient (Wildman–Crippen LogP) is 1.75. The normalized spacial score (nSPS) is 9.67. The van der Waals surface area contributed by atoms with E-state index in [4.69, 9.17) is 0 Å². The lowest BCUT2D eigenvalue weighted by Crippen LogP contribution is -2.12. The van der Waals surface area contributed by atoms with Gasteiger partial charge in [0, 0.05) is 14.1 Å². The van der Waals surface area contributed by atoms with Crippen molar-refractivity contribution in [2.75, 3.05) is 19.0 Å². The van der Waals surface area contributed by atoms with Crippen LogP contribution in [-0.4, -0.2) is 34.3 Å². The number of aromatic nitrogens is 4. The van der Waals surface area contributed by atoms with Crippen molar-refractivity contribution in [2.45, 2.75) is 20.8 Å². The van der Waals surface area contributed by atoms with Crippen LogP contribution in [0.5, 0.6) is 0 Å². The molecule has 0 bridgehead atoms. The van der Waals surface area contributed by atoms with Crippen LogP contribution in [0.1, 0.15) is 19.7 Å². The Morgan fingerprint density at radius 3 is 2.47 bits per heavy atom. The van der Waals surface area contributed by atoms with E-state index < -0.39 is 0 Å². The number of nitrogens with one attached hydrogen (secondary N) is 1. The molecule has 0 aliphatic carbocycles. The molecule has 2 heterocycles. The maximum Gasteiger partial charge on any atom is 0.161 e. The van der Waals surface area contributed by atoms with E-state index in [1.54, 1.807) is 6.20 Å². The number of aromatic amines is 1. The first kappa shape index (κ1) is 11.4. The van der Waals surface area contributed by atoms with E-state index >= 15 is 0 Å².